The maximum Gasteiger partial charge on any atom is 0.261 e. The van der Waals surface area contributed by atoms with Gasteiger partial charge in [0.15, 0.2) is 0 Å². The average Bonchev–Trinajstić information content (AvgIpc) is 3.58. The molecule has 3 aromatic carbocycles. The number of amides is 1. The van der Waals surface area contributed by atoms with Crippen molar-refractivity contribution in [3.8, 4) is 11.5 Å². The van der Waals surface area contributed by atoms with Crippen molar-refractivity contribution in [2.75, 3.05) is 33.2 Å². The molecule has 0 saturated carbocycles. The van der Waals surface area contributed by atoms with E-state index in [0.29, 0.717) is 40.2 Å². The van der Waals surface area contributed by atoms with Crippen LogP contribution in [0.15, 0.2) is 89.7 Å². The number of fused-ring (bicyclic) bond motifs is 1. The number of rotatable bonds is 12. The van der Waals surface area contributed by atoms with Crippen LogP contribution in [-0.4, -0.2) is 64.3 Å². The summed E-state index contributed by atoms with van der Waals surface area (Å²) in [5.41, 5.74) is 3.71. The zero-order valence-corrected chi connectivity index (χ0v) is 27.9. The molecule has 1 unspecified atom stereocenters. The molecule has 1 aliphatic heterocycles. The predicted molar refractivity (Wildman–Crippen MR) is 190 cm³/mol. The number of aromatic nitrogens is 1. The number of aromatic amines is 1. The number of nitrogens with one attached hydrogen (secondary N) is 3. The number of thiophene rings is 1. The number of pyridine rings is 1. The Morgan fingerprint density at radius 2 is 1.75 bits per heavy atom. The molecular formula is C38H42N4O5S. The van der Waals surface area contributed by atoms with Gasteiger partial charge >= 0.3 is 0 Å². The molecule has 2 aromatic heterocycles. The first-order chi connectivity index (χ1) is 23.2. The third kappa shape index (κ3) is 7.32. The second kappa shape index (κ2) is 14.7. The highest BCUT2D eigenvalue weighted by Gasteiger charge is 2.39. The lowest BCUT2D eigenvalue weighted by Gasteiger charge is -2.42. The topological polar surface area (TPSA) is 138 Å². The number of aromatic hydroxyl groups is 2. The molecule has 1 saturated heterocycles. The van der Waals surface area contributed by atoms with Crippen molar-refractivity contribution >= 4 is 28.1 Å². The number of H-pyrrole nitrogens is 1. The Hall–Kier alpha value is -4.48. The maximum absolute atomic E-state index is 12.9. The second-order valence-electron chi connectivity index (χ2n) is 12.7. The lowest BCUT2D eigenvalue weighted by molar-refractivity contribution is 0.0957. The minimum absolute atomic E-state index is 0.0507. The highest BCUT2D eigenvalue weighted by atomic mass is 32.1. The van der Waals surface area contributed by atoms with Gasteiger partial charge in [-0.3, -0.25) is 9.59 Å². The summed E-state index contributed by atoms with van der Waals surface area (Å²) < 4.78 is 0. The van der Waals surface area contributed by atoms with Gasteiger partial charge in [0, 0.05) is 46.9 Å². The highest BCUT2D eigenvalue weighted by Crippen LogP contribution is 2.45. The van der Waals surface area contributed by atoms with Crippen LogP contribution >= 0.6 is 11.3 Å². The Bertz CT molecular complexity index is 1930. The molecule has 0 spiro atoms. The van der Waals surface area contributed by atoms with Gasteiger partial charge in [-0.2, -0.15) is 0 Å². The van der Waals surface area contributed by atoms with E-state index < -0.39 is 6.10 Å². The second-order valence-corrected chi connectivity index (χ2v) is 13.8. The fraction of sp³-hybridized carbons (Fsp3) is 0.316. The van der Waals surface area contributed by atoms with Crippen LogP contribution in [-0.2, 0) is 18.4 Å². The van der Waals surface area contributed by atoms with E-state index in [4.69, 9.17) is 0 Å². The zero-order valence-electron chi connectivity index (χ0n) is 27.0. The van der Waals surface area contributed by atoms with E-state index in [2.05, 4.69) is 57.9 Å². The third-order valence-electron chi connectivity index (χ3n) is 9.46. The van der Waals surface area contributed by atoms with Crippen LogP contribution in [0.2, 0.25) is 0 Å². The lowest BCUT2D eigenvalue weighted by atomic mass is 9.67. The Kier molecular flexibility index (Phi) is 10.3. The summed E-state index contributed by atoms with van der Waals surface area (Å²) in [6.45, 7) is 3.20. The molecule has 0 aliphatic carbocycles. The van der Waals surface area contributed by atoms with E-state index in [-0.39, 0.29) is 29.2 Å². The fourth-order valence-corrected chi connectivity index (χ4v) is 7.65. The molecule has 10 heteroatoms. The molecule has 6 rings (SSSR count). The normalized spacial score (nSPS) is 15.4. The summed E-state index contributed by atoms with van der Waals surface area (Å²) in [7, 11) is 2.15. The molecule has 6 N–H and O–H groups in total. The molecule has 0 radical (unpaired) electrons. The van der Waals surface area contributed by atoms with Crippen LogP contribution in [0.5, 0.6) is 11.5 Å². The number of carbonyl (C=O) groups is 1. The first-order valence-electron chi connectivity index (χ1n) is 16.4. The Morgan fingerprint density at radius 3 is 2.54 bits per heavy atom. The summed E-state index contributed by atoms with van der Waals surface area (Å²) in [6, 6.07) is 26.3. The number of piperidine rings is 1. The zero-order chi connectivity index (χ0) is 33.7. The molecule has 1 amide bonds. The summed E-state index contributed by atoms with van der Waals surface area (Å²) in [5, 5.41) is 38.8. The monoisotopic (exact) mass is 666 g/mol. The van der Waals surface area contributed by atoms with Crippen molar-refractivity contribution in [3.63, 3.8) is 0 Å². The number of phenolic OH excluding ortho intramolecular Hbond substituents is 2. The largest absolute Gasteiger partial charge is 0.508 e. The molecule has 1 atom stereocenters. The van der Waals surface area contributed by atoms with Gasteiger partial charge < -0.3 is 35.8 Å². The summed E-state index contributed by atoms with van der Waals surface area (Å²) in [4.78, 5) is 31.1. The van der Waals surface area contributed by atoms with E-state index in [1.807, 2.05) is 30.3 Å². The maximum atomic E-state index is 12.9. The van der Waals surface area contributed by atoms with Gasteiger partial charge in [0.2, 0.25) is 5.56 Å². The fourth-order valence-electron chi connectivity index (χ4n) is 6.76. The summed E-state index contributed by atoms with van der Waals surface area (Å²) in [5.74, 6) is 0.172. The summed E-state index contributed by atoms with van der Waals surface area (Å²) >= 11 is 1.41. The molecule has 0 bridgehead atoms. The number of hydrogen-bond acceptors (Lipinski definition) is 8. The standard InChI is InChI=1S/C38H42N4O5S/c1-42-20-17-38(18-21-42,26-7-3-2-4-8-26)30-22-25(9-13-31(30)43)6-5-19-40-37(47)34-15-10-27(48-34)23-39-24-33(45)28-11-14-32(44)36-29(28)12-16-35(46)41-36/h2-4,7-16,22,33,39,43-45H,5-6,17-21,23-24H2,1H3,(H,40,47)(H,41,46). The quantitative estimate of drug-likeness (QED) is 0.101. The van der Waals surface area contributed by atoms with Crippen molar-refractivity contribution in [3.05, 3.63) is 127 Å². The van der Waals surface area contributed by atoms with E-state index in [9.17, 15) is 24.9 Å². The molecule has 5 aromatic rings. The van der Waals surface area contributed by atoms with Gasteiger partial charge in [-0.25, -0.2) is 0 Å². The molecule has 1 fully saturated rings. The van der Waals surface area contributed by atoms with Crippen LogP contribution in [0.25, 0.3) is 10.9 Å². The van der Waals surface area contributed by atoms with Crippen LogP contribution in [0, 0.1) is 0 Å². The minimum atomic E-state index is -0.861. The van der Waals surface area contributed by atoms with Crippen molar-refractivity contribution in [1.29, 1.82) is 0 Å². The van der Waals surface area contributed by atoms with Gasteiger partial charge in [-0.1, -0.05) is 48.5 Å². The van der Waals surface area contributed by atoms with Crippen molar-refractivity contribution in [2.24, 2.45) is 0 Å². The van der Waals surface area contributed by atoms with E-state index >= 15 is 0 Å². The molecular weight excluding hydrogens is 625 g/mol. The number of benzene rings is 3. The molecule has 250 valence electrons. The molecule has 9 nitrogen and oxygen atoms in total. The van der Waals surface area contributed by atoms with Gasteiger partial charge in [0.05, 0.1) is 16.5 Å². The average molecular weight is 667 g/mol. The van der Waals surface area contributed by atoms with Crippen molar-refractivity contribution < 1.29 is 20.1 Å². The van der Waals surface area contributed by atoms with Gasteiger partial charge in [0.1, 0.15) is 11.5 Å². The van der Waals surface area contributed by atoms with E-state index in [0.717, 1.165) is 54.8 Å². The van der Waals surface area contributed by atoms with Crippen LogP contribution in [0.3, 0.4) is 0 Å². The summed E-state index contributed by atoms with van der Waals surface area (Å²) in [6.07, 6.45) is 2.58. The highest BCUT2D eigenvalue weighted by molar-refractivity contribution is 7.14. The van der Waals surface area contributed by atoms with Gasteiger partial charge in [0.25, 0.3) is 5.91 Å². The number of phenols is 2. The number of likely N-dealkylation sites (tertiary alicyclic amines) is 1. The van der Waals surface area contributed by atoms with Crippen LogP contribution in [0.1, 0.15) is 62.2 Å². The van der Waals surface area contributed by atoms with Crippen molar-refractivity contribution in [1.82, 2.24) is 20.5 Å². The minimum Gasteiger partial charge on any atom is -0.508 e. The number of hydrogen-bond donors (Lipinski definition) is 6. The third-order valence-corrected chi connectivity index (χ3v) is 10.5. The number of aliphatic hydroxyl groups excluding tert-OH is 1. The SMILES string of the molecule is CN1CCC(c2ccccc2)(c2cc(CCCNC(=O)c3ccc(CNCC(O)c4ccc(O)c5[nH]c(=O)ccc45)s3)ccc2O)CC1. The first kappa shape index (κ1) is 33.4. The Balaban J connectivity index is 1.00. The first-order valence-corrected chi connectivity index (χ1v) is 17.2. The number of carbonyl (C=O) groups excluding carboxylic acids is 1. The molecule has 1 aliphatic rings. The number of nitrogens with zero attached hydrogens (tertiary/aromatic N) is 1. The Morgan fingerprint density at radius 1 is 0.979 bits per heavy atom. The van der Waals surface area contributed by atoms with Crippen LogP contribution in [0.4, 0.5) is 0 Å². The van der Waals surface area contributed by atoms with Gasteiger partial charge in [-0.15, -0.1) is 11.3 Å². The smallest absolute Gasteiger partial charge is 0.261 e. The number of aryl methyl sites for hydroxylation is 1. The molecule has 48 heavy (non-hydrogen) atoms. The van der Waals surface area contributed by atoms with E-state index in [1.165, 1.54) is 29.0 Å². The Labute approximate surface area is 283 Å². The van der Waals surface area contributed by atoms with E-state index in [1.54, 1.807) is 12.1 Å². The molecule has 3 heterocycles. The van der Waals surface area contributed by atoms with Crippen LogP contribution < -0.4 is 16.2 Å². The lowest BCUT2D eigenvalue weighted by Crippen LogP contribution is -2.41. The van der Waals surface area contributed by atoms with Gasteiger partial charge in [-0.05, 0) is 92.8 Å². The van der Waals surface area contributed by atoms with Crippen molar-refractivity contribution in [2.45, 2.75) is 43.7 Å². The number of aliphatic hydroxyl groups is 1. The predicted octanol–water partition coefficient (Wildman–Crippen LogP) is 5.20.